The zero-order valence-electron chi connectivity index (χ0n) is 63.4. The monoisotopic (exact) mass is 1640 g/mol. The second kappa shape index (κ2) is 31.9. The fourth-order valence-corrected chi connectivity index (χ4v) is 15.3. The number of aromatic nitrogens is 13. The molecule has 0 amide bonds. The molecule has 0 bridgehead atoms. The quantitative estimate of drug-likeness (QED) is 0.0856. The van der Waals surface area contributed by atoms with Gasteiger partial charge in [0.05, 0.1) is 89.6 Å². The fraction of sp³-hybridized carbons (Fsp3) is 0. The van der Waals surface area contributed by atoms with E-state index < -0.39 is 109 Å². The van der Waals surface area contributed by atoms with Crippen LogP contribution in [0.15, 0.2) is 322 Å². The molecule has 13 nitrogen and oxygen atoms in total. The molecule has 0 unspecified atom stereocenters. The number of pyridine rings is 5. The van der Waals surface area contributed by atoms with Gasteiger partial charge in [-0.05, 0) is 109 Å². The Morgan fingerprint density at radius 3 is 0.764 bits per heavy atom. The van der Waals surface area contributed by atoms with Crippen LogP contribution >= 0.6 is 0 Å². The van der Waals surface area contributed by atoms with E-state index in [0.717, 1.165) is 0 Å². The lowest BCUT2D eigenvalue weighted by atomic mass is 10.00. The van der Waals surface area contributed by atoms with Gasteiger partial charge in [-0.2, -0.15) is 0 Å². The molecule has 0 atom stereocenters. The summed E-state index contributed by atoms with van der Waals surface area (Å²) in [7, 11) is 0. The Morgan fingerprint density at radius 2 is 0.431 bits per heavy atom. The minimum absolute atomic E-state index is 0.0134. The van der Waals surface area contributed by atoms with Crippen LogP contribution in [-0.2, 0) is 0 Å². The van der Waals surface area contributed by atoms with Crippen LogP contribution in [0.25, 0.3) is 185 Å². The molecule has 10 aromatic heterocycles. The average Bonchev–Trinajstić information content (AvgIpc) is 1.62. The molecule has 0 spiro atoms. The summed E-state index contributed by atoms with van der Waals surface area (Å²) in [5.74, 6) is -19.1. The predicted octanol–water partition coefficient (Wildman–Crippen LogP) is 25.0. The molecular weight excluding hydrogens is 1590 g/mol. The Morgan fingerprint density at radius 1 is 0.171 bits per heavy atom. The molecule has 21 aromatic rings. The van der Waals surface area contributed by atoms with Gasteiger partial charge in [0, 0.05) is 68.2 Å². The Kier molecular flexibility index (Phi) is 19.9. The summed E-state index contributed by atoms with van der Waals surface area (Å²) < 4.78 is 195. The largest absolute Gasteiger partial charge is 0.304 e. The number of nitrogens with zero attached hydrogens (tertiary/aromatic N) is 13. The third kappa shape index (κ3) is 13.6. The van der Waals surface area contributed by atoms with Crippen molar-refractivity contribution < 1.29 is 52.7 Å². The van der Waals surface area contributed by atoms with Gasteiger partial charge in [-0.25, -0.2) is 82.6 Å². The van der Waals surface area contributed by atoms with Crippen LogP contribution in [0.3, 0.4) is 0 Å². The van der Waals surface area contributed by atoms with Crippen LogP contribution in [0.5, 0.6) is 0 Å². The van der Waals surface area contributed by atoms with Crippen molar-refractivity contribution in [1.29, 1.82) is 0 Å². The summed E-state index contributed by atoms with van der Waals surface area (Å²) in [4.78, 5) is 43.3. The van der Waals surface area contributed by atoms with E-state index in [1.54, 1.807) is 298 Å². The van der Waals surface area contributed by atoms with Crippen LogP contribution in [0, 0.1) is 69.8 Å². The van der Waals surface area contributed by atoms with Crippen molar-refractivity contribution >= 4 is 65.4 Å². The Hall–Kier alpha value is -16.2. The standard InChI is InChI=1S/2C33H18F4N4.C32H17F4N5/c34-29-28(19-17-24(22-11-5-7-15-38-22)40-25(18-19)23-12-6-8-16-39-23)30(35)32(37)33(31(29)36)41-26-13-3-1-9-20(26)21-10-2-4-14-27(21)41;34-28-27(24-18-23(22-14-8-9-17-38-22)39-33(40-24)19-10-2-1-3-11-19)29(35)31(37)32(30(28)36)41-25-15-6-4-12-20(25)21-13-5-7-16-26(21)41;33-25-24(32-39-30(18-10-2-1-3-11-18)38-31(40-32)21-14-8-9-17-37-21)26(34)28(36)29(27(25)35)41-22-15-6-4-12-19(22)20-13-5-7-16-23(20)41/h2*1-18H;1-17H. The van der Waals surface area contributed by atoms with Gasteiger partial charge in [-0.15, -0.1) is 0 Å². The maximum absolute atomic E-state index is 16.0. The fourth-order valence-electron chi connectivity index (χ4n) is 15.3. The van der Waals surface area contributed by atoms with Crippen molar-refractivity contribution in [3.05, 3.63) is 392 Å². The van der Waals surface area contributed by atoms with Gasteiger partial charge in [-0.1, -0.05) is 194 Å². The second-order valence-electron chi connectivity index (χ2n) is 28.0. The summed E-state index contributed by atoms with van der Waals surface area (Å²) >= 11 is 0. The van der Waals surface area contributed by atoms with Gasteiger partial charge in [0.25, 0.3) is 0 Å². The molecule has 0 aliphatic carbocycles. The van der Waals surface area contributed by atoms with E-state index in [0.29, 0.717) is 93.6 Å². The first-order chi connectivity index (χ1) is 60.1. The maximum atomic E-state index is 16.0. The third-order valence-electron chi connectivity index (χ3n) is 20.8. The van der Waals surface area contributed by atoms with Gasteiger partial charge in [0.1, 0.15) is 22.8 Å². The first-order valence-corrected chi connectivity index (χ1v) is 38.1. The van der Waals surface area contributed by atoms with E-state index in [1.807, 2.05) is 0 Å². The van der Waals surface area contributed by atoms with Crippen LogP contribution in [0.4, 0.5) is 52.7 Å². The van der Waals surface area contributed by atoms with Gasteiger partial charge in [0.2, 0.25) is 0 Å². The van der Waals surface area contributed by atoms with Crippen molar-refractivity contribution in [2.24, 2.45) is 0 Å². The molecular formula is C98H53F12N13. The Labute approximate surface area is 689 Å². The van der Waals surface area contributed by atoms with E-state index in [-0.39, 0.29) is 51.5 Å². The molecule has 10 heterocycles. The number of hydrogen-bond acceptors (Lipinski definition) is 10. The zero-order valence-corrected chi connectivity index (χ0v) is 63.4. The number of para-hydroxylation sites is 6. The number of benzene rings is 11. The number of rotatable bonds is 12. The predicted molar refractivity (Wildman–Crippen MR) is 449 cm³/mol. The summed E-state index contributed by atoms with van der Waals surface area (Å²) in [6, 6.07) is 83.2. The Bertz CT molecular complexity index is 6580. The molecule has 0 radical (unpaired) electrons. The van der Waals surface area contributed by atoms with E-state index >= 15 is 52.7 Å². The molecule has 25 heteroatoms. The van der Waals surface area contributed by atoms with Crippen molar-refractivity contribution in [2.45, 2.75) is 0 Å². The van der Waals surface area contributed by atoms with E-state index in [1.165, 1.54) is 38.1 Å². The number of hydrogen-bond donors (Lipinski definition) is 0. The lowest BCUT2D eigenvalue weighted by molar-refractivity contribution is 0.453. The van der Waals surface area contributed by atoms with E-state index in [2.05, 4.69) is 49.8 Å². The molecule has 11 aromatic carbocycles. The minimum Gasteiger partial charge on any atom is -0.304 e. The molecule has 0 saturated carbocycles. The van der Waals surface area contributed by atoms with Gasteiger partial charge in [-0.3, -0.25) is 19.9 Å². The molecule has 0 aliphatic rings. The van der Waals surface area contributed by atoms with Crippen molar-refractivity contribution in [2.75, 3.05) is 0 Å². The lowest BCUT2D eigenvalue weighted by Crippen LogP contribution is -2.11. The third-order valence-corrected chi connectivity index (χ3v) is 20.8. The minimum atomic E-state index is -1.63. The number of fused-ring (bicyclic) bond motifs is 9. The summed E-state index contributed by atoms with van der Waals surface area (Å²) in [5, 5.41) is 4.13. The van der Waals surface area contributed by atoms with E-state index in [9.17, 15) is 0 Å². The SMILES string of the molecule is Fc1c(F)c(-n2c3ccccc3c3ccccc32)c(F)c(F)c1-c1cc(-c2ccccn2)nc(-c2ccccc2)n1.Fc1c(F)c(-n2c3ccccc3c3ccccc32)c(F)c(F)c1-c1cc(-c2ccccn2)nc(-c2ccccn2)c1.Fc1c(F)c(-n2c3ccccc3c3ccccc32)c(F)c(F)c1-c1nc(-c2ccccc2)nc(-c2ccccn2)n1. The molecule has 0 N–H and O–H groups in total. The van der Waals surface area contributed by atoms with Crippen LogP contribution in [-0.4, -0.2) is 63.5 Å². The second-order valence-corrected chi connectivity index (χ2v) is 28.0. The van der Waals surface area contributed by atoms with Crippen molar-refractivity contribution in [3.63, 3.8) is 0 Å². The lowest BCUT2D eigenvalue weighted by Gasteiger charge is -2.16. The highest BCUT2D eigenvalue weighted by molar-refractivity contribution is 6.11. The van der Waals surface area contributed by atoms with Crippen LogP contribution in [0.1, 0.15) is 0 Å². The maximum Gasteiger partial charge on any atom is 0.186 e. The molecule has 0 saturated heterocycles. The molecule has 594 valence electrons. The molecule has 0 aliphatic heterocycles. The van der Waals surface area contributed by atoms with Crippen molar-refractivity contribution in [3.8, 4) is 119 Å². The van der Waals surface area contributed by atoms with Gasteiger partial charge in [0.15, 0.2) is 93.1 Å². The zero-order chi connectivity index (χ0) is 84.3. The van der Waals surface area contributed by atoms with Gasteiger partial charge >= 0.3 is 0 Å². The molecule has 123 heavy (non-hydrogen) atoms. The Balaban J connectivity index is 0.000000121. The molecule has 0 fully saturated rings. The summed E-state index contributed by atoms with van der Waals surface area (Å²) in [6.45, 7) is 0. The highest BCUT2D eigenvalue weighted by atomic mass is 19.2. The number of halogens is 12. The normalized spacial score (nSPS) is 11.4. The van der Waals surface area contributed by atoms with Crippen LogP contribution < -0.4 is 0 Å². The van der Waals surface area contributed by atoms with Crippen molar-refractivity contribution in [1.82, 2.24) is 63.5 Å². The summed E-state index contributed by atoms with van der Waals surface area (Å²) in [5.41, 5.74) is -0.0351. The topological polar surface area (TPSA) is 144 Å². The van der Waals surface area contributed by atoms with E-state index in [4.69, 9.17) is 0 Å². The first kappa shape index (κ1) is 76.8. The highest BCUT2D eigenvalue weighted by Crippen LogP contribution is 2.45. The smallest absolute Gasteiger partial charge is 0.186 e. The summed E-state index contributed by atoms with van der Waals surface area (Å²) in [6.07, 6.45) is 6.14. The average molecular weight is 1640 g/mol. The first-order valence-electron chi connectivity index (χ1n) is 38.1. The molecule has 21 rings (SSSR count). The highest BCUT2D eigenvalue weighted by Gasteiger charge is 2.35. The van der Waals surface area contributed by atoms with Gasteiger partial charge < -0.3 is 13.7 Å². The van der Waals surface area contributed by atoms with Crippen LogP contribution in [0.2, 0.25) is 0 Å².